The molecule has 1 unspecified atom stereocenters. The average Bonchev–Trinajstić information content (AvgIpc) is 3.51. The van der Waals surface area contributed by atoms with Crippen molar-refractivity contribution in [3.8, 4) is 17.5 Å². The molecular weight excluding hydrogens is 376 g/mol. The molecule has 1 atom stereocenters. The summed E-state index contributed by atoms with van der Waals surface area (Å²) in [6.07, 6.45) is 10.6. The Balaban J connectivity index is 1.58. The van der Waals surface area contributed by atoms with Crippen LogP contribution in [0.4, 0.5) is 0 Å². The molecule has 1 amide bonds. The summed E-state index contributed by atoms with van der Waals surface area (Å²) in [4.78, 5) is 16.8. The van der Waals surface area contributed by atoms with Crippen molar-refractivity contribution in [1.29, 1.82) is 0 Å². The van der Waals surface area contributed by atoms with Crippen molar-refractivity contribution in [2.75, 3.05) is 6.54 Å². The molecule has 4 rings (SSSR count). The topological polar surface area (TPSA) is 77.6 Å². The fraction of sp³-hybridized carbons (Fsp3) is 0.130. The molecule has 7 heteroatoms. The van der Waals surface area contributed by atoms with Gasteiger partial charge in [-0.15, -0.1) is 0 Å². The van der Waals surface area contributed by atoms with Gasteiger partial charge in [0, 0.05) is 54.9 Å². The minimum absolute atomic E-state index is 0.0529. The van der Waals surface area contributed by atoms with Crippen LogP contribution in [-0.4, -0.2) is 37.0 Å². The summed E-state index contributed by atoms with van der Waals surface area (Å²) in [7, 11) is 0. The molecule has 0 spiro atoms. The van der Waals surface area contributed by atoms with Crippen molar-refractivity contribution >= 4 is 5.91 Å². The van der Waals surface area contributed by atoms with E-state index in [1.807, 2.05) is 54.3 Å². The van der Waals surface area contributed by atoms with Gasteiger partial charge in [0.1, 0.15) is 0 Å². The molecule has 0 radical (unpaired) electrons. The van der Waals surface area contributed by atoms with Gasteiger partial charge < -0.3 is 5.32 Å². The van der Waals surface area contributed by atoms with Gasteiger partial charge in [-0.05, 0) is 49.4 Å². The molecule has 0 saturated carbocycles. The van der Waals surface area contributed by atoms with E-state index in [4.69, 9.17) is 0 Å². The first-order valence-electron chi connectivity index (χ1n) is 9.54. The van der Waals surface area contributed by atoms with Crippen LogP contribution in [0.5, 0.6) is 0 Å². The second-order valence-electron chi connectivity index (χ2n) is 6.72. The van der Waals surface area contributed by atoms with Gasteiger partial charge in [-0.25, -0.2) is 4.68 Å². The third-order valence-corrected chi connectivity index (χ3v) is 4.55. The molecule has 148 valence electrons. The standard InChI is InChI=1S/C23H20N6O/c1-18(28-13-3-11-26-28)16-25-23(30)21-8-9-22(29-14-4-12-27-29)20(15-21)7-6-19-5-2-10-24-17-19/h2-5,8-15,17-18H,16H2,1H3,(H,25,30). The Labute approximate surface area is 174 Å². The number of pyridine rings is 1. The number of carbonyl (C=O) groups excluding carboxylic acids is 1. The lowest BCUT2D eigenvalue weighted by molar-refractivity contribution is 0.0948. The average molecular weight is 396 g/mol. The highest BCUT2D eigenvalue weighted by molar-refractivity contribution is 5.95. The van der Waals surface area contributed by atoms with Gasteiger partial charge in [0.2, 0.25) is 0 Å². The van der Waals surface area contributed by atoms with Crippen molar-refractivity contribution in [2.45, 2.75) is 13.0 Å². The smallest absolute Gasteiger partial charge is 0.251 e. The lowest BCUT2D eigenvalue weighted by Crippen LogP contribution is -2.29. The number of hydrogen-bond donors (Lipinski definition) is 1. The summed E-state index contributed by atoms with van der Waals surface area (Å²) < 4.78 is 3.54. The van der Waals surface area contributed by atoms with E-state index in [0.717, 1.165) is 11.3 Å². The van der Waals surface area contributed by atoms with E-state index in [-0.39, 0.29) is 11.9 Å². The molecule has 3 heterocycles. The molecule has 0 aliphatic heterocycles. The largest absolute Gasteiger partial charge is 0.350 e. The summed E-state index contributed by atoms with van der Waals surface area (Å²) in [5.41, 5.74) is 2.84. The first kappa shape index (κ1) is 19.2. The highest BCUT2D eigenvalue weighted by Gasteiger charge is 2.12. The van der Waals surface area contributed by atoms with Crippen molar-refractivity contribution in [3.05, 3.63) is 96.3 Å². The Kier molecular flexibility index (Phi) is 5.67. The second kappa shape index (κ2) is 8.88. The van der Waals surface area contributed by atoms with Crippen LogP contribution in [0.1, 0.15) is 34.5 Å². The molecule has 1 aromatic carbocycles. The fourth-order valence-electron chi connectivity index (χ4n) is 2.94. The predicted molar refractivity (Wildman–Crippen MR) is 113 cm³/mol. The normalized spacial score (nSPS) is 11.4. The van der Waals surface area contributed by atoms with Crippen LogP contribution in [-0.2, 0) is 0 Å². The van der Waals surface area contributed by atoms with E-state index in [9.17, 15) is 4.79 Å². The van der Waals surface area contributed by atoms with Crippen LogP contribution < -0.4 is 5.32 Å². The zero-order valence-corrected chi connectivity index (χ0v) is 16.4. The summed E-state index contributed by atoms with van der Waals surface area (Å²) >= 11 is 0. The van der Waals surface area contributed by atoms with Crippen LogP contribution in [0.3, 0.4) is 0 Å². The van der Waals surface area contributed by atoms with Crippen molar-refractivity contribution in [2.24, 2.45) is 0 Å². The Hall–Kier alpha value is -4.18. The van der Waals surface area contributed by atoms with Crippen LogP contribution in [0.2, 0.25) is 0 Å². The zero-order valence-electron chi connectivity index (χ0n) is 16.4. The van der Waals surface area contributed by atoms with E-state index in [1.54, 1.807) is 41.6 Å². The molecule has 3 aromatic heterocycles. The minimum atomic E-state index is -0.162. The maximum absolute atomic E-state index is 12.7. The maximum Gasteiger partial charge on any atom is 0.251 e. The van der Waals surface area contributed by atoms with Crippen LogP contribution in [0.25, 0.3) is 5.69 Å². The molecule has 30 heavy (non-hydrogen) atoms. The summed E-state index contributed by atoms with van der Waals surface area (Å²) in [6.45, 7) is 2.47. The molecule has 4 aromatic rings. The second-order valence-corrected chi connectivity index (χ2v) is 6.72. The van der Waals surface area contributed by atoms with Crippen LogP contribution in [0.15, 0.2) is 79.6 Å². The van der Waals surface area contributed by atoms with E-state index < -0.39 is 0 Å². The molecule has 0 saturated heterocycles. The third-order valence-electron chi connectivity index (χ3n) is 4.55. The molecule has 0 aliphatic carbocycles. The number of aromatic nitrogens is 5. The van der Waals surface area contributed by atoms with Gasteiger partial charge in [-0.1, -0.05) is 11.8 Å². The summed E-state index contributed by atoms with van der Waals surface area (Å²) in [6, 6.07) is 12.9. The van der Waals surface area contributed by atoms with Crippen LogP contribution >= 0.6 is 0 Å². The molecule has 0 aliphatic rings. The minimum Gasteiger partial charge on any atom is -0.350 e. The number of carbonyl (C=O) groups is 1. The lowest BCUT2D eigenvalue weighted by atomic mass is 10.1. The fourth-order valence-corrected chi connectivity index (χ4v) is 2.94. The lowest BCUT2D eigenvalue weighted by Gasteiger charge is -2.14. The van der Waals surface area contributed by atoms with Gasteiger partial charge >= 0.3 is 0 Å². The summed E-state index contributed by atoms with van der Waals surface area (Å²) in [5, 5.41) is 11.5. The van der Waals surface area contributed by atoms with Gasteiger partial charge in [-0.2, -0.15) is 10.2 Å². The molecule has 0 fully saturated rings. The quantitative estimate of drug-likeness (QED) is 0.526. The highest BCUT2D eigenvalue weighted by Crippen LogP contribution is 2.16. The zero-order chi connectivity index (χ0) is 20.8. The highest BCUT2D eigenvalue weighted by atomic mass is 16.1. The number of hydrogen-bond acceptors (Lipinski definition) is 4. The Morgan fingerprint density at radius 2 is 1.93 bits per heavy atom. The molecular formula is C23H20N6O. The van der Waals surface area contributed by atoms with E-state index in [1.165, 1.54) is 0 Å². The van der Waals surface area contributed by atoms with E-state index >= 15 is 0 Å². The SMILES string of the molecule is CC(CNC(=O)c1ccc(-n2cccn2)c(C#Cc2cccnc2)c1)n1cccn1. The molecule has 0 bridgehead atoms. The Morgan fingerprint density at radius 3 is 2.67 bits per heavy atom. The maximum atomic E-state index is 12.7. The van der Waals surface area contributed by atoms with Crippen molar-refractivity contribution in [1.82, 2.24) is 29.9 Å². The van der Waals surface area contributed by atoms with Gasteiger partial charge in [0.05, 0.1) is 17.3 Å². The van der Waals surface area contributed by atoms with Crippen molar-refractivity contribution in [3.63, 3.8) is 0 Å². The van der Waals surface area contributed by atoms with Crippen molar-refractivity contribution < 1.29 is 4.79 Å². The predicted octanol–water partition coefficient (Wildman–Crippen LogP) is 2.85. The van der Waals surface area contributed by atoms with E-state index in [0.29, 0.717) is 17.7 Å². The molecule has 1 N–H and O–H groups in total. The number of rotatable bonds is 5. The summed E-state index contributed by atoms with van der Waals surface area (Å²) in [5.74, 6) is 6.10. The van der Waals surface area contributed by atoms with Gasteiger partial charge in [-0.3, -0.25) is 14.5 Å². The van der Waals surface area contributed by atoms with Crippen LogP contribution in [0, 0.1) is 11.8 Å². The number of nitrogens with zero attached hydrogens (tertiary/aromatic N) is 5. The monoisotopic (exact) mass is 396 g/mol. The van der Waals surface area contributed by atoms with Gasteiger partial charge in [0.15, 0.2) is 0 Å². The molecule has 7 nitrogen and oxygen atoms in total. The Morgan fingerprint density at radius 1 is 1.07 bits per heavy atom. The van der Waals surface area contributed by atoms with E-state index in [2.05, 4.69) is 32.3 Å². The van der Waals surface area contributed by atoms with Gasteiger partial charge in [0.25, 0.3) is 5.91 Å². The first-order chi connectivity index (χ1) is 14.7. The number of benzene rings is 1. The number of amides is 1. The Bertz CT molecular complexity index is 1170. The first-order valence-corrected chi connectivity index (χ1v) is 9.54. The number of nitrogens with one attached hydrogen (secondary N) is 1. The third kappa shape index (κ3) is 4.45.